The van der Waals surface area contributed by atoms with E-state index in [0.29, 0.717) is 18.2 Å². The van der Waals surface area contributed by atoms with Crippen LogP contribution in [0.1, 0.15) is 23.2 Å². The molecule has 18 heavy (non-hydrogen) atoms. The van der Waals surface area contributed by atoms with Crippen molar-refractivity contribution in [1.82, 2.24) is 9.88 Å². The fourth-order valence-electron chi connectivity index (χ4n) is 2.37. The summed E-state index contributed by atoms with van der Waals surface area (Å²) in [5, 5.41) is 10.0. The summed E-state index contributed by atoms with van der Waals surface area (Å²) in [4.78, 5) is 17.4. The van der Waals surface area contributed by atoms with Crippen molar-refractivity contribution in [2.75, 3.05) is 13.2 Å². The Bertz CT molecular complexity index is 572. The maximum atomic E-state index is 12.5. The van der Waals surface area contributed by atoms with Gasteiger partial charge in [-0.15, -0.1) is 0 Å². The molecule has 1 heterocycles. The molecule has 0 spiro atoms. The number of nitrogens with zero attached hydrogens (tertiary/aromatic N) is 1. The van der Waals surface area contributed by atoms with Gasteiger partial charge in [-0.2, -0.15) is 0 Å². The highest BCUT2D eigenvalue weighted by molar-refractivity contribution is 6.06. The average Bonchev–Trinajstić information content (AvgIpc) is 3.11. The number of amides is 1. The topological polar surface area (TPSA) is 56.3 Å². The van der Waals surface area contributed by atoms with Gasteiger partial charge in [0.1, 0.15) is 0 Å². The summed E-state index contributed by atoms with van der Waals surface area (Å²) in [6, 6.07) is 7.94. The van der Waals surface area contributed by atoms with Crippen molar-refractivity contribution in [3.05, 3.63) is 36.0 Å². The molecule has 0 bridgehead atoms. The van der Waals surface area contributed by atoms with Crippen LogP contribution in [-0.2, 0) is 0 Å². The first-order valence-electron chi connectivity index (χ1n) is 6.29. The molecule has 2 N–H and O–H groups in total. The summed E-state index contributed by atoms with van der Waals surface area (Å²) < 4.78 is 0. The van der Waals surface area contributed by atoms with E-state index in [1.807, 2.05) is 30.5 Å². The van der Waals surface area contributed by atoms with Gasteiger partial charge in [-0.3, -0.25) is 4.79 Å². The van der Waals surface area contributed by atoms with Crippen LogP contribution in [-0.4, -0.2) is 40.1 Å². The summed E-state index contributed by atoms with van der Waals surface area (Å²) in [6.07, 6.45) is 3.94. The van der Waals surface area contributed by atoms with Crippen molar-refractivity contribution in [1.29, 1.82) is 0 Å². The third-order valence-corrected chi connectivity index (χ3v) is 3.41. The highest BCUT2D eigenvalue weighted by atomic mass is 16.3. The second-order valence-corrected chi connectivity index (χ2v) is 4.70. The lowest BCUT2D eigenvalue weighted by atomic mass is 10.1. The van der Waals surface area contributed by atoms with Crippen LogP contribution < -0.4 is 0 Å². The van der Waals surface area contributed by atoms with Gasteiger partial charge in [-0.1, -0.05) is 6.07 Å². The molecule has 1 aliphatic carbocycles. The molecule has 1 aromatic carbocycles. The highest BCUT2D eigenvalue weighted by Crippen LogP contribution is 2.29. The molecule has 1 amide bonds. The Labute approximate surface area is 105 Å². The number of aliphatic hydroxyl groups is 1. The van der Waals surface area contributed by atoms with Crippen LogP contribution in [0, 0.1) is 0 Å². The van der Waals surface area contributed by atoms with Gasteiger partial charge in [-0.25, -0.2) is 0 Å². The van der Waals surface area contributed by atoms with E-state index in [2.05, 4.69) is 4.98 Å². The number of aromatic nitrogens is 1. The van der Waals surface area contributed by atoms with Crippen LogP contribution in [0.3, 0.4) is 0 Å². The maximum Gasteiger partial charge on any atom is 0.254 e. The first-order valence-corrected chi connectivity index (χ1v) is 6.29. The summed E-state index contributed by atoms with van der Waals surface area (Å²) >= 11 is 0. The maximum absolute atomic E-state index is 12.5. The predicted molar refractivity (Wildman–Crippen MR) is 69.4 cm³/mol. The zero-order chi connectivity index (χ0) is 12.5. The summed E-state index contributed by atoms with van der Waals surface area (Å²) in [5.74, 6) is 0.0248. The minimum absolute atomic E-state index is 0.0192. The molecular formula is C14H16N2O2. The third-order valence-electron chi connectivity index (χ3n) is 3.41. The number of rotatable bonds is 4. The van der Waals surface area contributed by atoms with Crippen LogP contribution in [0.2, 0.25) is 0 Å². The van der Waals surface area contributed by atoms with Gasteiger partial charge >= 0.3 is 0 Å². The van der Waals surface area contributed by atoms with E-state index in [1.165, 1.54) is 0 Å². The molecule has 4 nitrogen and oxygen atoms in total. The van der Waals surface area contributed by atoms with Crippen molar-refractivity contribution in [2.45, 2.75) is 18.9 Å². The van der Waals surface area contributed by atoms with Gasteiger partial charge in [-0.05, 0) is 31.0 Å². The van der Waals surface area contributed by atoms with Gasteiger partial charge in [0.05, 0.1) is 6.61 Å². The third kappa shape index (κ3) is 1.88. The Morgan fingerprint density at radius 3 is 2.94 bits per heavy atom. The molecule has 0 radical (unpaired) electrons. The Balaban J connectivity index is 1.97. The van der Waals surface area contributed by atoms with Gasteiger partial charge in [0.15, 0.2) is 0 Å². The average molecular weight is 244 g/mol. The fraction of sp³-hybridized carbons (Fsp3) is 0.357. The Morgan fingerprint density at radius 2 is 2.22 bits per heavy atom. The second-order valence-electron chi connectivity index (χ2n) is 4.70. The van der Waals surface area contributed by atoms with E-state index in [9.17, 15) is 4.79 Å². The number of hydrogen-bond acceptors (Lipinski definition) is 2. The summed E-state index contributed by atoms with van der Waals surface area (Å²) in [6.45, 7) is 0.440. The first kappa shape index (κ1) is 11.3. The minimum Gasteiger partial charge on any atom is -0.395 e. The SMILES string of the molecule is O=C(c1cccc2[nH]ccc12)N(CCO)C1CC1. The van der Waals surface area contributed by atoms with E-state index in [4.69, 9.17) is 5.11 Å². The van der Waals surface area contributed by atoms with Gasteiger partial charge in [0.25, 0.3) is 5.91 Å². The smallest absolute Gasteiger partial charge is 0.254 e. The van der Waals surface area contributed by atoms with Crippen molar-refractivity contribution in [3.63, 3.8) is 0 Å². The number of nitrogens with one attached hydrogen (secondary N) is 1. The number of hydrogen-bond donors (Lipinski definition) is 2. The number of fused-ring (bicyclic) bond motifs is 1. The van der Waals surface area contributed by atoms with Crippen molar-refractivity contribution >= 4 is 16.8 Å². The molecule has 1 saturated carbocycles. The molecule has 1 aromatic heterocycles. The number of H-pyrrole nitrogens is 1. The van der Waals surface area contributed by atoms with Crippen molar-refractivity contribution in [2.24, 2.45) is 0 Å². The normalized spacial score (nSPS) is 14.9. The van der Waals surface area contributed by atoms with Crippen LogP contribution in [0.4, 0.5) is 0 Å². The molecule has 0 saturated heterocycles. The lowest BCUT2D eigenvalue weighted by molar-refractivity contribution is 0.0709. The van der Waals surface area contributed by atoms with Crippen molar-refractivity contribution in [3.8, 4) is 0 Å². The quantitative estimate of drug-likeness (QED) is 0.861. The van der Waals surface area contributed by atoms with Gasteiger partial charge in [0.2, 0.25) is 0 Å². The van der Waals surface area contributed by atoms with E-state index < -0.39 is 0 Å². The number of aromatic amines is 1. The van der Waals surface area contributed by atoms with E-state index in [0.717, 1.165) is 23.7 Å². The molecular weight excluding hydrogens is 228 g/mol. The lowest BCUT2D eigenvalue weighted by Gasteiger charge is -2.21. The number of carbonyl (C=O) groups is 1. The van der Waals surface area contributed by atoms with E-state index in [1.54, 1.807) is 4.90 Å². The number of carbonyl (C=O) groups excluding carboxylic acids is 1. The number of aliphatic hydroxyl groups excluding tert-OH is 1. The Morgan fingerprint density at radius 1 is 1.39 bits per heavy atom. The molecule has 0 unspecified atom stereocenters. The standard InChI is InChI=1S/C14H16N2O2/c17-9-8-16(10-4-5-10)14(18)12-2-1-3-13-11(12)6-7-15-13/h1-3,6-7,10,15,17H,4-5,8-9H2. The zero-order valence-electron chi connectivity index (χ0n) is 10.1. The molecule has 3 rings (SSSR count). The summed E-state index contributed by atoms with van der Waals surface area (Å²) in [5.41, 5.74) is 1.69. The summed E-state index contributed by atoms with van der Waals surface area (Å²) in [7, 11) is 0. The van der Waals surface area contributed by atoms with Crippen LogP contribution in [0.5, 0.6) is 0 Å². The Kier molecular flexibility index (Phi) is 2.80. The molecule has 1 aliphatic rings. The fourth-order valence-corrected chi connectivity index (χ4v) is 2.37. The van der Waals surface area contributed by atoms with E-state index >= 15 is 0 Å². The zero-order valence-corrected chi connectivity index (χ0v) is 10.1. The molecule has 4 heteroatoms. The van der Waals surface area contributed by atoms with Crippen LogP contribution in [0.15, 0.2) is 30.5 Å². The van der Waals surface area contributed by atoms with Crippen molar-refractivity contribution < 1.29 is 9.90 Å². The van der Waals surface area contributed by atoms with Crippen LogP contribution in [0.25, 0.3) is 10.9 Å². The molecule has 2 aromatic rings. The minimum atomic E-state index is 0.0192. The molecule has 1 fully saturated rings. The van der Waals surface area contributed by atoms with Gasteiger partial charge < -0.3 is 15.0 Å². The van der Waals surface area contributed by atoms with E-state index in [-0.39, 0.29) is 12.5 Å². The second kappa shape index (κ2) is 4.46. The van der Waals surface area contributed by atoms with Gasteiger partial charge in [0, 0.05) is 35.2 Å². The largest absolute Gasteiger partial charge is 0.395 e. The molecule has 94 valence electrons. The lowest BCUT2D eigenvalue weighted by Crippen LogP contribution is -2.35. The number of benzene rings is 1. The first-order chi connectivity index (χ1) is 8.81. The Hall–Kier alpha value is -1.81. The monoisotopic (exact) mass is 244 g/mol. The predicted octanol–water partition coefficient (Wildman–Crippen LogP) is 1.76. The molecule has 0 aliphatic heterocycles. The van der Waals surface area contributed by atoms with Crippen LogP contribution >= 0.6 is 0 Å². The molecule has 0 atom stereocenters. The highest BCUT2D eigenvalue weighted by Gasteiger charge is 2.33.